The van der Waals surface area contributed by atoms with Gasteiger partial charge in [0.15, 0.2) is 6.10 Å². The van der Waals surface area contributed by atoms with Gasteiger partial charge in [-0.15, -0.1) is 0 Å². The van der Waals surface area contributed by atoms with Gasteiger partial charge in [0.05, 0.1) is 12.2 Å². The molecule has 0 spiro atoms. The topological polar surface area (TPSA) is 53.4 Å². The molecular weight excluding hydrogens is 402 g/mol. The number of benzene rings is 2. The zero-order valence-electron chi connectivity index (χ0n) is 17.7. The Morgan fingerprint density at radius 2 is 1.94 bits per heavy atom. The smallest absolute Gasteiger partial charge is 0.300 e. The molecule has 2 aromatic carbocycles. The minimum atomic E-state index is -3.13. The third-order valence-electron chi connectivity index (χ3n) is 5.67. The lowest BCUT2D eigenvalue weighted by Crippen LogP contribution is -2.25. The van der Waals surface area contributed by atoms with E-state index < -0.39 is 24.0 Å². The van der Waals surface area contributed by atoms with Crippen LogP contribution >= 0.6 is 0 Å². The highest BCUT2D eigenvalue weighted by molar-refractivity contribution is 5.68. The molecular formula is C24H24F2N2O3. The van der Waals surface area contributed by atoms with Crippen LogP contribution in [0.25, 0.3) is 11.1 Å². The number of halogens is 2. The van der Waals surface area contributed by atoms with E-state index in [0.717, 1.165) is 11.6 Å². The minimum absolute atomic E-state index is 0.0884. The van der Waals surface area contributed by atoms with E-state index in [1.165, 1.54) is 28.2 Å². The van der Waals surface area contributed by atoms with Crippen LogP contribution in [0.2, 0.25) is 0 Å². The summed E-state index contributed by atoms with van der Waals surface area (Å²) in [5.41, 5.74) is 3.61. The molecule has 1 aliphatic heterocycles. The van der Waals surface area contributed by atoms with Crippen molar-refractivity contribution in [2.75, 3.05) is 6.61 Å². The van der Waals surface area contributed by atoms with E-state index in [-0.39, 0.29) is 24.9 Å². The number of alkyl halides is 2. The van der Waals surface area contributed by atoms with Gasteiger partial charge < -0.3 is 9.47 Å². The first kappa shape index (κ1) is 21.0. The standard InChI is InChI=1S/C24H24F2N2O3/c1-4-24(25,26)21-12-22(29)27-23-28(21)13-19(31-23)14-30-18-10-8-17(9-11-18)20-7-5-6-15(2)16(20)3/h5-12,19H,4,13-14H2,1-3H3. The summed E-state index contributed by atoms with van der Waals surface area (Å²) in [6, 6.07) is 14.7. The highest BCUT2D eigenvalue weighted by Gasteiger charge is 2.37. The van der Waals surface area contributed by atoms with E-state index in [0.29, 0.717) is 5.75 Å². The van der Waals surface area contributed by atoms with Gasteiger partial charge in [0, 0.05) is 12.5 Å². The number of fused-ring (bicyclic) bond motifs is 1. The Bertz CT molecular complexity index is 1160. The number of hydrogen-bond acceptors (Lipinski definition) is 4. The molecule has 2 heterocycles. The van der Waals surface area contributed by atoms with Gasteiger partial charge >= 0.3 is 6.01 Å². The Morgan fingerprint density at radius 3 is 2.65 bits per heavy atom. The summed E-state index contributed by atoms with van der Waals surface area (Å²) in [7, 11) is 0. The molecule has 0 saturated carbocycles. The molecule has 162 valence electrons. The molecule has 0 radical (unpaired) electrons. The van der Waals surface area contributed by atoms with E-state index >= 15 is 0 Å². The van der Waals surface area contributed by atoms with Crippen molar-refractivity contribution in [1.29, 1.82) is 0 Å². The van der Waals surface area contributed by atoms with Crippen LogP contribution in [0.3, 0.4) is 0 Å². The molecule has 0 aliphatic carbocycles. The van der Waals surface area contributed by atoms with E-state index in [1.807, 2.05) is 30.3 Å². The quantitative estimate of drug-likeness (QED) is 0.564. The van der Waals surface area contributed by atoms with Crippen LogP contribution in [0.1, 0.15) is 30.2 Å². The Hall–Kier alpha value is -3.22. The average Bonchev–Trinajstić information content (AvgIpc) is 3.16. The largest absolute Gasteiger partial charge is 0.490 e. The van der Waals surface area contributed by atoms with Crippen LogP contribution in [-0.2, 0) is 12.5 Å². The predicted octanol–water partition coefficient (Wildman–Crippen LogP) is 4.87. The summed E-state index contributed by atoms with van der Waals surface area (Å²) in [5.74, 6) is -2.48. The molecule has 0 saturated heterocycles. The van der Waals surface area contributed by atoms with Crippen molar-refractivity contribution in [2.24, 2.45) is 0 Å². The van der Waals surface area contributed by atoms with E-state index in [9.17, 15) is 13.6 Å². The van der Waals surface area contributed by atoms with Crippen LogP contribution in [0.15, 0.2) is 53.3 Å². The maximum Gasteiger partial charge on any atom is 0.300 e. The van der Waals surface area contributed by atoms with E-state index in [4.69, 9.17) is 9.47 Å². The lowest BCUT2D eigenvalue weighted by molar-refractivity contribution is -0.0169. The second kappa shape index (κ2) is 8.13. The predicted molar refractivity (Wildman–Crippen MR) is 114 cm³/mol. The average molecular weight is 426 g/mol. The molecule has 5 nitrogen and oxygen atoms in total. The highest BCUT2D eigenvalue weighted by atomic mass is 19.3. The molecule has 31 heavy (non-hydrogen) atoms. The first-order valence-electron chi connectivity index (χ1n) is 10.2. The summed E-state index contributed by atoms with van der Waals surface area (Å²) >= 11 is 0. The Balaban J connectivity index is 1.45. The van der Waals surface area contributed by atoms with Gasteiger partial charge in [0.25, 0.3) is 11.5 Å². The van der Waals surface area contributed by atoms with E-state index in [1.54, 1.807) is 0 Å². The molecule has 0 fully saturated rings. The lowest BCUT2D eigenvalue weighted by atomic mass is 9.97. The molecule has 0 N–H and O–H groups in total. The summed E-state index contributed by atoms with van der Waals surface area (Å²) in [6.07, 6.45) is -0.927. The van der Waals surface area contributed by atoms with Crippen molar-refractivity contribution in [3.63, 3.8) is 0 Å². The maximum atomic E-state index is 14.3. The van der Waals surface area contributed by atoms with Crippen molar-refractivity contribution < 1.29 is 18.3 Å². The molecule has 1 unspecified atom stereocenters. The Labute approximate surface area is 179 Å². The zero-order valence-corrected chi connectivity index (χ0v) is 17.7. The summed E-state index contributed by atoms with van der Waals surface area (Å²) in [4.78, 5) is 15.4. The van der Waals surface area contributed by atoms with Gasteiger partial charge in [0.1, 0.15) is 12.4 Å². The molecule has 0 amide bonds. The molecule has 3 aromatic rings. The number of hydrogen-bond donors (Lipinski definition) is 0. The number of aryl methyl sites for hydroxylation is 1. The summed E-state index contributed by atoms with van der Waals surface area (Å²) in [5, 5.41) is 0. The molecule has 7 heteroatoms. The number of ether oxygens (including phenoxy) is 2. The lowest BCUT2D eigenvalue weighted by Gasteiger charge is -2.17. The van der Waals surface area contributed by atoms with Gasteiger partial charge in [-0.2, -0.15) is 13.8 Å². The van der Waals surface area contributed by atoms with Gasteiger partial charge in [0.2, 0.25) is 0 Å². The van der Waals surface area contributed by atoms with Gasteiger partial charge in [-0.3, -0.25) is 9.36 Å². The molecule has 1 aliphatic rings. The fraction of sp³-hybridized carbons (Fsp3) is 0.333. The summed E-state index contributed by atoms with van der Waals surface area (Å²) < 4.78 is 41.2. The third-order valence-corrected chi connectivity index (χ3v) is 5.67. The fourth-order valence-corrected chi connectivity index (χ4v) is 3.70. The zero-order chi connectivity index (χ0) is 22.2. The number of aromatic nitrogens is 2. The second-order valence-electron chi connectivity index (χ2n) is 7.75. The van der Waals surface area contributed by atoms with E-state index in [2.05, 4.69) is 31.0 Å². The van der Waals surface area contributed by atoms with Crippen molar-refractivity contribution >= 4 is 0 Å². The third kappa shape index (κ3) is 4.17. The number of nitrogens with zero attached hydrogens (tertiary/aromatic N) is 2. The maximum absolute atomic E-state index is 14.3. The number of rotatable bonds is 6. The van der Waals surface area contributed by atoms with Crippen LogP contribution in [0.5, 0.6) is 11.8 Å². The Morgan fingerprint density at radius 1 is 1.19 bits per heavy atom. The normalized spacial score (nSPS) is 15.5. The van der Waals surface area contributed by atoms with Gasteiger partial charge in [-0.1, -0.05) is 37.3 Å². The minimum Gasteiger partial charge on any atom is -0.490 e. The molecule has 4 rings (SSSR count). The fourth-order valence-electron chi connectivity index (χ4n) is 3.70. The van der Waals surface area contributed by atoms with Crippen molar-refractivity contribution in [3.05, 3.63) is 75.7 Å². The SMILES string of the molecule is CCC(F)(F)c1cc(=O)nc2n1CC(COc1ccc(-c3cccc(C)c3C)cc1)O2. The van der Waals surface area contributed by atoms with Gasteiger partial charge in [-0.25, -0.2) is 0 Å². The summed E-state index contributed by atoms with van der Waals surface area (Å²) in [6.45, 7) is 5.85. The van der Waals surface area contributed by atoms with Crippen LogP contribution < -0.4 is 15.0 Å². The molecule has 1 atom stereocenters. The molecule has 1 aromatic heterocycles. The Kier molecular flexibility index (Phi) is 5.52. The first-order chi connectivity index (χ1) is 14.8. The first-order valence-corrected chi connectivity index (χ1v) is 10.2. The van der Waals surface area contributed by atoms with Crippen molar-refractivity contribution in [2.45, 2.75) is 45.8 Å². The second-order valence-corrected chi connectivity index (χ2v) is 7.75. The van der Waals surface area contributed by atoms with Crippen molar-refractivity contribution in [1.82, 2.24) is 9.55 Å². The highest BCUT2D eigenvalue weighted by Crippen LogP contribution is 2.34. The van der Waals surface area contributed by atoms with Gasteiger partial charge in [-0.05, 0) is 48.2 Å². The van der Waals surface area contributed by atoms with Crippen LogP contribution in [0, 0.1) is 13.8 Å². The monoisotopic (exact) mass is 426 g/mol. The van der Waals surface area contributed by atoms with Crippen LogP contribution in [-0.4, -0.2) is 22.3 Å². The van der Waals surface area contributed by atoms with Crippen LogP contribution in [0.4, 0.5) is 8.78 Å². The molecule has 0 bridgehead atoms. The van der Waals surface area contributed by atoms with Crippen molar-refractivity contribution in [3.8, 4) is 22.9 Å².